The van der Waals surface area contributed by atoms with Crippen molar-refractivity contribution in [3.05, 3.63) is 106 Å². The summed E-state index contributed by atoms with van der Waals surface area (Å²) in [6, 6.07) is 21.2. The molecule has 36 heavy (non-hydrogen) atoms. The van der Waals surface area contributed by atoms with Crippen molar-refractivity contribution >= 4 is 17.5 Å². The number of benzene rings is 3. The average Bonchev–Trinajstić information content (AvgIpc) is 3.32. The Morgan fingerprint density at radius 1 is 1.00 bits per heavy atom. The zero-order valence-corrected chi connectivity index (χ0v) is 20.7. The van der Waals surface area contributed by atoms with Crippen LogP contribution in [0.2, 0.25) is 0 Å². The molecule has 0 saturated heterocycles. The molecule has 0 fully saturated rings. The fourth-order valence-electron chi connectivity index (χ4n) is 4.50. The SMILES string of the molecule is CC1=C(C(=O)Nc2ccc(C)cc2C)C(c2ccccc2OCc2ccccc2C)n2nnnc2N1. The van der Waals surface area contributed by atoms with Gasteiger partial charge in [0, 0.05) is 16.9 Å². The van der Waals surface area contributed by atoms with Crippen molar-refractivity contribution in [3.8, 4) is 5.75 Å². The molecule has 5 rings (SSSR count). The summed E-state index contributed by atoms with van der Waals surface area (Å²) in [6.45, 7) is 8.34. The fraction of sp³-hybridized carbons (Fsp3) is 0.214. The van der Waals surface area contributed by atoms with Crippen LogP contribution in [0.4, 0.5) is 11.6 Å². The number of hydrogen-bond donors (Lipinski definition) is 2. The lowest BCUT2D eigenvalue weighted by molar-refractivity contribution is -0.113. The van der Waals surface area contributed by atoms with E-state index >= 15 is 0 Å². The third-order valence-corrected chi connectivity index (χ3v) is 6.45. The number of allylic oxidation sites excluding steroid dienone is 1. The van der Waals surface area contributed by atoms with Crippen molar-refractivity contribution in [2.45, 2.75) is 40.3 Å². The molecule has 0 spiro atoms. The van der Waals surface area contributed by atoms with Gasteiger partial charge in [-0.15, -0.1) is 0 Å². The number of para-hydroxylation sites is 1. The van der Waals surface area contributed by atoms with Crippen LogP contribution in [-0.4, -0.2) is 26.1 Å². The average molecular weight is 481 g/mol. The molecule has 2 N–H and O–H groups in total. The summed E-state index contributed by atoms with van der Waals surface area (Å²) in [4.78, 5) is 13.7. The number of aryl methyl sites for hydroxylation is 3. The Bertz CT molecular complexity index is 1470. The maximum Gasteiger partial charge on any atom is 0.255 e. The third-order valence-electron chi connectivity index (χ3n) is 6.45. The van der Waals surface area contributed by atoms with Gasteiger partial charge in [0.05, 0.1) is 5.57 Å². The predicted octanol–water partition coefficient (Wildman–Crippen LogP) is 5.10. The molecule has 1 aliphatic rings. The molecule has 4 aromatic rings. The first-order valence-corrected chi connectivity index (χ1v) is 11.8. The van der Waals surface area contributed by atoms with Crippen LogP contribution >= 0.6 is 0 Å². The second kappa shape index (κ2) is 9.65. The zero-order valence-electron chi connectivity index (χ0n) is 20.7. The first kappa shape index (κ1) is 23.3. The minimum atomic E-state index is -0.574. The molecule has 0 radical (unpaired) electrons. The molecule has 1 amide bonds. The smallest absolute Gasteiger partial charge is 0.255 e. The van der Waals surface area contributed by atoms with Gasteiger partial charge in [-0.05, 0) is 66.9 Å². The van der Waals surface area contributed by atoms with Crippen LogP contribution in [0.1, 0.15) is 40.8 Å². The van der Waals surface area contributed by atoms with Gasteiger partial charge in [-0.25, -0.2) is 0 Å². The molecular formula is C28H28N6O2. The minimum absolute atomic E-state index is 0.230. The highest BCUT2D eigenvalue weighted by molar-refractivity contribution is 6.06. The molecule has 0 saturated carbocycles. The van der Waals surface area contributed by atoms with Gasteiger partial charge < -0.3 is 15.4 Å². The van der Waals surface area contributed by atoms with Crippen molar-refractivity contribution in [1.82, 2.24) is 20.2 Å². The first-order chi connectivity index (χ1) is 17.4. The van der Waals surface area contributed by atoms with Gasteiger partial charge in [0.2, 0.25) is 5.95 Å². The van der Waals surface area contributed by atoms with Crippen molar-refractivity contribution < 1.29 is 9.53 Å². The molecular weight excluding hydrogens is 452 g/mol. The van der Waals surface area contributed by atoms with E-state index in [1.807, 2.05) is 75.4 Å². The molecule has 1 aromatic heterocycles. The summed E-state index contributed by atoms with van der Waals surface area (Å²) >= 11 is 0. The van der Waals surface area contributed by atoms with Crippen molar-refractivity contribution in [1.29, 1.82) is 0 Å². The quantitative estimate of drug-likeness (QED) is 0.399. The van der Waals surface area contributed by atoms with E-state index in [1.54, 1.807) is 4.68 Å². The van der Waals surface area contributed by atoms with Crippen LogP contribution < -0.4 is 15.4 Å². The Morgan fingerprint density at radius 2 is 1.78 bits per heavy atom. The zero-order chi connectivity index (χ0) is 25.2. The van der Waals surface area contributed by atoms with E-state index in [-0.39, 0.29) is 5.91 Å². The van der Waals surface area contributed by atoms with Crippen LogP contribution in [0.15, 0.2) is 78.0 Å². The molecule has 8 nitrogen and oxygen atoms in total. The monoisotopic (exact) mass is 480 g/mol. The van der Waals surface area contributed by atoms with E-state index in [9.17, 15) is 4.79 Å². The van der Waals surface area contributed by atoms with Crippen molar-refractivity contribution in [2.75, 3.05) is 10.6 Å². The van der Waals surface area contributed by atoms with Crippen LogP contribution in [0.5, 0.6) is 5.75 Å². The Morgan fingerprint density at radius 3 is 2.58 bits per heavy atom. The van der Waals surface area contributed by atoms with E-state index in [0.717, 1.165) is 33.5 Å². The number of nitrogens with zero attached hydrogens (tertiary/aromatic N) is 4. The van der Waals surface area contributed by atoms with E-state index in [1.165, 1.54) is 0 Å². The van der Waals surface area contributed by atoms with Crippen molar-refractivity contribution in [3.63, 3.8) is 0 Å². The lowest BCUT2D eigenvalue weighted by atomic mass is 9.94. The van der Waals surface area contributed by atoms with Gasteiger partial charge in [-0.2, -0.15) is 4.68 Å². The summed E-state index contributed by atoms with van der Waals surface area (Å²) in [5.41, 5.74) is 7.13. The van der Waals surface area contributed by atoms with Gasteiger partial charge in [0.15, 0.2) is 0 Å². The molecule has 8 heteroatoms. The molecule has 3 aromatic carbocycles. The maximum absolute atomic E-state index is 13.7. The van der Waals surface area contributed by atoms with Gasteiger partial charge in [0.25, 0.3) is 5.91 Å². The number of aromatic nitrogens is 4. The molecule has 1 unspecified atom stereocenters. The number of ether oxygens (including phenoxy) is 1. The molecule has 0 aliphatic carbocycles. The first-order valence-electron chi connectivity index (χ1n) is 11.8. The summed E-state index contributed by atoms with van der Waals surface area (Å²) in [7, 11) is 0. The maximum atomic E-state index is 13.7. The number of rotatable bonds is 6. The van der Waals surface area contributed by atoms with Crippen LogP contribution in [-0.2, 0) is 11.4 Å². The van der Waals surface area contributed by atoms with E-state index in [0.29, 0.717) is 29.6 Å². The lowest BCUT2D eigenvalue weighted by Crippen LogP contribution is -2.32. The lowest BCUT2D eigenvalue weighted by Gasteiger charge is -2.29. The minimum Gasteiger partial charge on any atom is -0.489 e. The van der Waals surface area contributed by atoms with E-state index in [4.69, 9.17) is 4.74 Å². The number of carbonyl (C=O) groups excluding carboxylic acids is 1. The number of anilines is 2. The number of nitrogens with one attached hydrogen (secondary N) is 2. The summed E-state index contributed by atoms with van der Waals surface area (Å²) < 4.78 is 7.93. The number of amides is 1. The molecule has 182 valence electrons. The predicted molar refractivity (Wildman–Crippen MR) is 139 cm³/mol. The summed E-state index contributed by atoms with van der Waals surface area (Å²) in [6.07, 6.45) is 0. The van der Waals surface area contributed by atoms with Gasteiger partial charge in [0.1, 0.15) is 18.4 Å². The molecule has 1 aliphatic heterocycles. The molecule has 0 bridgehead atoms. The normalized spacial score (nSPS) is 14.7. The second-order valence-electron chi connectivity index (χ2n) is 9.04. The highest BCUT2D eigenvalue weighted by Crippen LogP contribution is 2.39. The summed E-state index contributed by atoms with van der Waals surface area (Å²) in [5, 5.41) is 18.4. The van der Waals surface area contributed by atoms with Crippen LogP contribution in [0.25, 0.3) is 0 Å². The standard InChI is InChI=1S/C28H28N6O2/c1-17-13-14-23(19(3)15-17)30-27(35)25-20(4)29-28-31-32-33-34(28)26(25)22-11-7-8-12-24(22)36-16-21-10-6-5-9-18(21)2/h5-15,26H,16H2,1-4H3,(H,30,35)(H,29,31,33). The Labute approximate surface area is 210 Å². The third kappa shape index (κ3) is 4.45. The van der Waals surface area contributed by atoms with Gasteiger partial charge in [-0.1, -0.05) is 65.3 Å². The highest BCUT2D eigenvalue weighted by atomic mass is 16.5. The van der Waals surface area contributed by atoms with Crippen molar-refractivity contribution in [2.24, 2.45) is 0 Å². The van der Waals surface area contributed by atoms with E-state index < -0.39 is 6.04 Å². The Balaban J connectivity index is 1.53. The highest BCUT2D eigenvalue weighted by Gasteiger charge is 2.35. The topological polar surface area (TPSA) is 94.0 Å². The second-order valence-corrected chi connectivity index (χ2v) is 9.04. The number of carbonyl (C=O) groups is 1. The molecule has 1 atom stereocenters. The Hall–Kier alpha value is -4.46. The fourth-order valence-corrected chi connectivity index (χ4v) is 4.50. The largest absolute Gasteiger partial charge is 0.489 e. The van der Waals surface area contributed by atoms with Crippen LogP contribution in [0.3, 0.4) is 0 Å². The van der Waals surface area contributed by atoms with Gasteiger partial charge >= 0.3 is 0 Å². The van der Waals surface area contributed by atoms with Gasteiger partial charge in [-0.3, -0.25) is 4.79 Å². The van der Waals surface area contributed by atoms with Crippen LogP contribution in [0, 0.1) is 20.8 Å². The summed E-state index contributed by atoms with van der Waals surface area (Å²) in [5.74, 6) is 0.903. The number of tetrazole rings is 1. The Kier molecular flexibility index (Phi) is 6.25. The number of fused-ring (bicyclic) bond motifs is 1. The van der Waals surface area contributed by atoms with E-state index in [2.05, 4.69) is 45.2 Å². The number of hydrogen-bond acceptors (Lipinski definition) is 6. The molecule has 2 heterocycles.